The van der Waals surface area contributed by atoms with Crippen molar-refractivity contribution in [1.29, 1.82) is 0 Å². The molecule has 226 valence electrons. The molecule has 0 atom stereocenters. The number of hydrogen-bond donors (Lipinski definition) is 0. The lowest BCUT2D eigenvalue weighted by Crippen LogP contribution is -2.10. The van der Waals surface area contributed by atoms with Crippen LogP contribution in [0, 0.1) is 0 Å². The maximum Gasteiger partial charge on any atom is 0.135 e. The summed E-state index contributed by atoms with van der Waals surface area (Å²) in [5.41, 5.74) is 12.2. The number of furan rings is 1. The van der Waals surface area contributed by atoms with E-state index in [1.54, 1.807) is 0 Å². The van der Waals surface area contributed by atoms with E-state index >= 15 is 0 Å². The van der Waals surface area contributed by atoms with E-state index in [2.05, 4.69) is 181 Å². The highest BCUT2D eigenvalue weighted by Gasteiger charge is 2.16. The van der Waals surface area contributed by atoms with Crippen molar-refractivity contribution in [3.8, 4) is 33.4 Å². The first-order valence-corrected chi connectivity index (χ1v) is 16.3. The topological polar surface area (TPSA) is 16.4 Å². The van der Waals surface area contributed by atoms with Crippen molar-refractivity contribution < 1.29 is 4.42 Å². The fourth-order valence-electron chi connectivity index (χ4n) is 6.81. The van der Waals surface area contributed by atoms with Gasteiger partial charge in [0.2, 0.25) is 0 Å². The van der Waals surface area contributed by atoms with E-state index in [4.69, 9.17) is 4.42 Å². The van der Waals surface area contributed by atoms with Gasteiger partial charge in [0.25, 0.3) is 0 Å². The number of anilines is 3. The number of hydrogen-bond acceptors (Lipinski definition) is 2. The number of benzene rings is 8. The molecule has 0 aliphatic rings. The quantitative estimate of drug-likeness (QED) is 0.185. The van der Waals surface area contributed by atoms with Crippen LogP contribution in [0.25, 0.3) is 66.1 Å². The number of fused-ring (bicyclic) bond motifs is 4. The van der Waals surface area contributed by atoms with Gasteiger partial charge in [0, 0.05) is 27.8 Å². The second-order valence-corrected chi connectivity index (χ2v) is 12.2. The van der Waals surface area contributed by atoms with Gasteiger partial charge in [-0.3, -0.25) is 0 Å². The van der Waals surface area contributed by atoms with E-state index in [0.29, 0.717) is 0 Å². The zero-order valence-corrected chi connectivity index (χ0v) is 26.3. The average molecular weight is 614 g/mol. The molecule has 2 nitrogen and oxygen atoms in total. The zero-order valence-electron chi connectivity index (χ0n) is 26.3. The van der Waals surface area contributed by atoms with E-state index in [1.807, 2.05) is 12.1 Å². The molecule has 0 radical (unpaired) electrons. The molecule has 0 fully saturated rings. The molecule has 9 aromatic rings. The van der Waals surface area contributed by atoms with Gasteiger partial charge < -0.3 is 9.32 Å². The van der Waals surface area contributed by atoms with Crippen molar-refractivity contribution in [3.05, 3.63) is 188 Å². The molecular weight excluding hydrogens is 583 g/mol. The van der Waals surface area contributed by atoms with Crippen molar-refractivity contribution in [2.24, 2.45) is 0 Å². The molecule has 9 rings (SSSR count). The van der Waals surface area contributed by atoms with Crippen molar-refractivity contribution >= 4 is 49.8 Å². The first-order chi connectivity index (χ1) is 23.8. The highest BCUT2D eigenvalue weighted by Crippen LogP contribution is 2.40. The Morgan fingerprint density at radius 1 is 0.292 bits per heavy atom. The molecule has 8 aromatic carbocycles. The summed E-state index contributed by atoms with van der Waals surface area (Å²) in [4.78, 5) is 2.34. The Labute approximate surface area is 279 Å². The molecule has 1 heterocycles. The number of nitrogens with zero attached hydrogens (tertiary/aromatic N) is 1. The van der Waals surface area contributed by atoms with Gasteiger partial charge in [-0.05, 0) is 105 Å². The van der Waals surface area contributed by atoms with Crippen LogP contribution in [-0.4, -0.2) is 0 Å². The van der Waals surface area contributed by atoms with Gasteiger partial charge in [0.05, 0.1) is 0 Å². The molecule has 2 heteroatoms. The molecule has 0 saturated carbocycles. The van der Waals surface area contributed by atoms with Crippen molar-refractivity contribution in [2.45, 2.75) is 0 Å². The number of para-hydroxylation sites is 1. The summed E-state index contributed by atoms with van der Waals surface area (Å²) in [6, 6.07) is 67.0. The van der Waals surface area contributed by atoms with E-state index < -0.39 is 0 Å². The predicted octanol–water partition coefficient (Wildman–Crippen LogP) is 13.2. The fraction of sp³-hybridized carbons (Fsp3) is 0. The fourth-order valence-corrected chi connectivity index (χ4v) is 6.81. The molecule has 0 aliphatic carbocycles. The Balaban J connectivity index is 1.13. The van der Waals surface area contributed by atoms with Crippen molar-refractivity contribution in [3.63, 3.8) is 0 Å². The molecule has 0 unspecified atom stereocenters. The first-order valence-electron chi connectivity index (χ1n) is 16.3. The average Bonchev–Trinajstić information content (AvgIpc) is 3.54. The zero-order chi connectivity index (χ0) is 31.9. The Hall–Kier alpha value is -6.38. The minimum atomic E-state index is 0.888. The van der Waals surface area contributed by atoms with Crippen LogP contribution >= 0.6 is 0 Å². The van der Waals surface area contributed by atoms with Crippen LogP contribution in [0.4, 0.5) is 17.1 Å². The lowest BCUT2D eigenvalue weighted by molar-refractivity contribution is 0.669. The molecule has 0 saturated heterocycles. The summed E-state index contributed by atoms with van der Waals surface area (Å²) in [5, 5.41) is 4.73. The minimum absolute atomic E-state index is 0.888. The van der Waals surface area contributed by atoms with Crippen LogP contribution in [0.15, 0.2) is 192 Å². The molecule has 48 heavy (non-hydrogen) atoms. The lowest BCUT2D eigenvalue weighted by atomic mass is 9.97. The van der Waals surface area contributed by atoms with Gasteiger partial charge in [-0.25, -0.2) is 0 Å². The smallest absolute Gasteiger partial charge is 0.135 e. The van der Waals surface area contributed by atoms with Gasteiger partial charge in [-0.15, -0.1) is 0 Å². The maximum atomic E-state index is 6.18. The second kappa shape index (κ2) is 11.8. The van der Waals surface area contributed by atoms with Crippen molar-refractivity contribution in [1.82, 2.24) is 0 Å². The highest BCUT2D eigenvalue weighted by atomic mass is 16.3. The highest BCUT2D eigenvalue weighted by molar-refractivity contribution is 6.06. The van der Waals surface area contributed by atoms with E-state index in [1.165, 1.54) is 44.2 Å². The van der Waals surface area contributed by atoms with Gasteiger partial charge in [-0.2, -0.15) is 0 Å². The maximum absolute atomic E-state index is 6.18. The Morgan fingerprint density at radius 2 is 0.854 bits per heavy atom. The lowest BCUT2D eigenvalue weighted by Gasteiger charge is -2.26. The summed E-state index contributed by atoms with van der Waals surface area (Å²) in [5.74, 6) is 0. The molecule has 1 aromatic heterocycles. The third kappa shape index (κ3) is 5.10. The van der Waals surface area contributed by atoms with Crippen LogP contribution in [0.1, 0.15) is 0 Å². The molecule has 0 aliphatic heterocycles. The summed E-state index contributed by atoms with van der Waals surface area (Å²) in [7, 11) is 0. The van der Waals surface area contributed by atoms with E-state index in [-0.39, 0.29) is 0 Å². The SMILES string of the molecule is c1ccc(-c2cccc(N(c3ccc(-c4cccc(-c5ccc6ccccc6c5)c4)cc3)c3ccc4oc5ccccc5c4c3)c2)cc1. The molecule has 0 N–H and O–H groups in total. The first kappa shape index (κ1) is 27.9. The summed E-state index contributed by atoms with van der Waals surface area (Å²) in [6.07, 6.45) is 0. The Morgan fingerprint density at radius 3 is 1.71 bits per heavy atom. The van der Waals surface area contributed by atoms with Gasteiger partial charge in [0.1, 0.15) is 11.2 Å². The monoisotopic (exact) mass is 613 g/mol. The van der Waals surface area contributed by atoms with Crippen LogP contribution in [0.5, 0.6) is 0 Å². The van der Waals surface area contributed by atoms with Crippen LogP contribution in [0.3, 0.4) is 0 Å². The standard InChI is InChI=1S/C46H31NO/c1-2-10-32(11-3-1)38-16-9-17-41(30-38)47(42-26-27-46-44(31-42)43-18-6-7-19-45(43)48-46)40-24-22-34(23-25-40)36-14-8-15-37(28-36)39-21-20-33-12-4-5-13-35(33)29-39/h1-31H. The van der Waals surface area contributed by atoms with Crippen molar-refractivity contribution in [2.75, 3.05) is 4.90 Å². The molecule has 0 bridgehead atoms. The normalized spacial score (nSPS) is 11.3. The van der Waals surface area contributed by atoms with E-state index in [0.717, 1.165) is 39.0 Å². The summed E-state index contributed by atoms with van der Waals surface area (Å²) >= 11 is 0. The summed E-state index contributed by atoms with van der Waals surface area (Å²) in [6.45, 7) is 0. The Bertz CT molecular complexity index is 2560. The molecule has 0 spiro atoms. The summed E-state index contributed by atoms with van der Waals surface area (Å²) < 4.78 is 6.18. The third-order valence-electron chi connectivity index (χ3n) is 9.23. The minimum Gasteiger partial charge on any atom is -0.456 e. The second-order valence-electron chi connectivity index (χ2n) is 12.2. The van der Waals surface area contributed by atoms with Crippen LogP contribution in [0.2, 0.25) is 0 Å². The van der Waals surface area contributed by atoms with Gasteiger partial charge in [-0.1, -0.05) is 127 Å². The molecular formula is C46H31NO. The predicted molar refractivity (Wildman–Crippen MR) is 202 cm³/mol. The van der Waals surface area contributed by atoms with Gasteiger partial charge >= 0.3 is 0 Å². The third-order valence-corrected chi connectivity index (χ3v) is 9.23. The van der Waals surface area contributed by atoms with Crippen LogP contribution < -0.4 is 4.90 Å². The Kier molecular flexibility index (Phi) is 6.84. The largest absolute Gasteiger partial charge is 0.456 e. The molecule has 0 amide bonds. The van der Waals surface area contributed by atoms with Gasteiger partial charge in [0.15, 0.2) is 0 Å². The van der Waals surface area contributed by atoms with Crippen LogP contribution in [-0.2, 0) is 0 Å². The van der Waals surface area contributed by atoms with E-state index in [9.17, 15) is 0 Å². The number of rotatable bonds is 6.